The van der Waals surface area contributed by atoms with Crippen molar-refractivity contribution in [2.24, 2.45) is 5.92 Å². The second-order valence-electron chi connectivity index (χ2n) is 8.53. The van der Waals surface area contributed by atoms with Crippen molar-refractivity contribution in [3.8, 4) is 0 Å². The Morgan fingerprint density at radius 1 is 1.00 bits per heavy atom. The predicted octanol–water partition coefficient (Wildman–Crippen LogP) is 2.16. The van der Waals surface area contributed by atoms with E-state index in [9.17, 15) is 13.2 Å². The average molecular weight is 423 g/mol. The molecule has 0 aromatic rings. The van der Waals surface area contributed by atoms with Crippen molar-refractivity contribution in [2.75, 3.05) is 32.4 Å². The average Bonchev–Trinajstić information content (AvgIpc) is 2.63. The van der Waals surface area contributed by atoms with E-state index in [-0.39, 0.29) is 24.4 Å². The lowest BCUT2D eigenvalue weighted by molar-refractivity contribution is -0.138. The van der Waals surface area contributed by atoms with E-state index in [1.165, 1.54) is 19.1 Å². The number of halogens is 1. The maximum Gasteiger partial charge on any atom is 0.244 e. The molecule has 0 aromatic heterocycles. The van der Waals surface area contributed by atoms with Crippen molar-refractivity contribution >= 4 is 28.2 Å². The number of amides is 1. The predicted molar refractivity (Wildman–Crippen MR) is 109 cm³/mol. The van der Waals surface area contributed by atoms with Crippen molar-refractivity contribution in [3.63, 3.8) is 0 Å². The number of carbonyl (C=O) groups excluding carboxylic acids is 1. The van der Waals surface area contributed by atoms with Gasteiger partial charge >= 0.3 is 0 Å². The summed E-state index contributed by atoms with van der Waals surface area (Å²) in [4.78, 5) is 14.9. The molecule has 2 heterocycles. The third-order valence-electron chi connectivity index (χ3n) is 6.59. The molecule has 0 atom stereocenters. The zero-order valence-electron chi connectivity index (χ0n) is 16.6. The van der Waals surface area contributed by atoms with Crippen LogP contribution in [0.4, 0.5) is 0 Å². The van der Waals surface area contributed by atoms with Crippen LogP contribution in [0.3, 0.4) is 0 Å². The fourth-order valence-corrected chi connectivity index (χ4v) is 6.09. The summed E-state index contributed by atoms with van der Waals surface area (Å²) in [5.74, 6) is 0.623. The summed E-state index contributed by atoms with van der Waals surface area (Å²) in [6.45, 7) is 4.68. The molecule has 1 N–H and O–H groups in total. The zero-order chi connectivity index (χ0) is 18.8. The van der Waals surface area contributed by atoms with Crippen molar-refractivity contribution in [1.82, 2.24) is 10.2 Å². The van der Waals surface area contributed by atoms with Crippen LogP contribution >= 0.6 is 12.4 Å². The molecule has 2 saturated heterocycles. The van der Waals surface area contributed by atoms with Crippen LogP contribution in [0.25, 0.3) is 0 Å². The van der Waals surface area contributed by atoms with Crippen molar-refractivity contribution in [3.05, 3.63) is 0 Å². The van der Waals surface area contributed by atoms with Gasteiger partial charge < -0.3 is 15.0 Å². The summed E-state index contributed by atoms with van der Waals surface area (Å²) in [5, 5.41) is 3.17. The Hall–Kier alpha value is -0.370. The standard InChI is InChI=1S/C19H34N2O4S.ClH/c1-15-3-5-16(6-4-15)25-17-7-13-21(14-8-17)18(22)19(26(2,23)24)9-11-20-12-10-19;/h15-17,20H,3-14H2,1-2H3;1H. The first-order valence-corrected chi connectivity index (χ1v) is 12.1. The highest BCUT2D eigenvalue weighted by atomic mass is 35.5. The smallest absolute Gasteiger partial charge is 0.244 e. The summed E-state index contributed by atoms with van der Waals surface area (Å²) in [6, 6.07) is 0. The largest absolute Gasteiger partial charge is 0.375 e. The number of carbonyl (C=O) groups is 1. The highest BCUT2D eigenvalue weighted by Gasteiger charge is 2.50. The normalized spacial score (nSPS) is 29.8. The Morgan fingerprint density at radius 3 is 2.04 bits per heavy atom. The summed E-state index contributed by atoms with van der Waals surface area (Å²) in [7, 11) is -3.44. The number of rotatable bonds is 4. The number of nitrogens with one attached hydrogen (secondary N) is 1. The van der Waals surface area contributed by atoms with Crippen LogP contribution in [0, 0.1) is 5.92 Å². The molecule has 3 fully saturated rings. The number of ether oxygens (including phenoxy) is 1. The summed E-state index contributed by atoms with van der Waals surface area (Å²) in [6.07, 6.45) is 8.95. The number of hydrogen-bond acceptors (Lipinski definition) is 5. The molecule has 0 unspecified atom stereocenters. The van der Waals surface area contributed by atoms with Crippen LogP contribution in [-0.2, 0) is 19.4 Å². The van der Waals surface area contributed by atoms with Crippen LogP contribution in [0.5, 0.6) is 0 Å². The topological polar surface area (TPSA) is 75.7 Å². The van der Waals surface area contributed by atoms with E-state index in [0.29, 0.717) is 45.1 Å². The Balaban J connectivity index is 0.00000261. The fraction of sp³-hybridized carbons (Fsp3) is 0.947. The molecule has 1 amide bonds. The van der Waals surface area contributed by atoms with Crippen LogP contribution in [0.2, 0.25) is 0 Å². The molecular weight excluding hydrogens is 388 g/mol. The molecule has 0 aromatic carbocycles. The Morgan fingerprint density at radius 2 is 1.52 bits per heavy atom. The van der Waals surface area contributed by atoms with Gasteiger partial charge in [-0.1, -0.05) is 6.92 Å². The molecule has 1 saturated carbocycles. The van der Waals surface area contributed by atoms with Gasteiger partial charge in [0.2, 0.25) is 5.91 Å². The first kappa shape index (κ1) is 22.9. The maximum atomic E-state index is 13.1. The van der Waals surface area contributed by atoms with E-state index >= 15 is 0 Å². The number of sulfone groups is 1. The van der Waals surface area contributed by atoms with E-state index in [4.69, 9.17) is 4.74 Å². The number of likely N-dealkylation sites (tertiary alicyclic amines) is 1. The van der Waals surface area contributed by atoms with Crippen LogP contribution in [0.15, 0.2) is 0 Å². The van der Waals surface area contributed by atoms with Gasteiger partial charge in [0.05, 0.1) is 12.2 Å². The molecule has 0 spiro atoms. The van der Waals surface area contributed by atoms with Crippen LogP contribution < -0.4 is 5.32 Å². The van der Waals surface area contributed by atoms with E-state index in [1.54, 1.807) is 4.90 Å². The lowest BCUT2D eigenvalue weighted by atomic mass is 9.88. The number of nitrogens with zero attached hydrogens (tertiary/aromatic N) is 1. The van der Waals surface area contributed by atoms with E-state index in [2.05, 4.69) is 12.2 Å². The van der Waals surface area contributed by atoms with Gasteiger partial charge in [-0.15, -0.1) is 12.4 Å². The second kappa shape index (κ2) is 9.42. The SMILES string of the molecule is CC1CCC(OC2CCN(C(=O)C3(S(C)(=O)=O)CCNCC3)CC2)CC1.Cl. The molecule has 27 heavy (non-hydrogen) atoms. The van der Waals surface area contributed by atoms with Gasteiger partial charge in [-0.05, 0) is 70.4 Å². The molecule has 0 bridgehead atoms. The van der Waals surface area contributed by atoms with E-state index < -0.39 is 14.6 Å². The molecule has 6 nitrogen and oxygen atoms in total. The van der Waals surface area contributed by atoms with Crippen LogP contribution in [-0.4, -0.2) is 68.6 Å². The minimum Gasteiger partial charge on any atom is -0.375 e. The monoisotopic (exact) mass is 422 g/mol. The van der Waals surface area contributed by atoms with Gasteiger partial charge in [-0.2, -0.15) is 0 Å². The molecule has 3 aliphatic rings. The Bertz CT molecular complexity index is 591. The van der Waals surface area contributed by atoms with Gasteiger partial charge in [0.15, 0.2) is 14.6 Å². The van der Waals surface area contributed by atoms with Crippen molar-refractivity contribution < 1.29 is 17.9 Å². The highest BCUT2D eigenvalue weighted by molar-refractivity contribution is 7.92. The molecule has 2 aliphatic heterocycles. The van der Waals surface area contributed by atoms with Gasteiger partial charge in [0.25, 0.3) is 0 Å². The molecular formula is C19H35ClN2O4S. The number of piperidine rings is 2. The van der Waals surface area contributed by atoms with Crippen molar-refractivity contribution in [1.29, 1.82) is 0 Å². The van der Waals surface area contributed by atoms with E-state index in [0.717, 1.165) is 31.6 Å². The van der Waals surface area contributed by atoms with Gasteiger partial charge in [-0.3, -0.25) is 4.79 Å². The molecule has 158 valence electrons. The molecule has 0 radical (unpaired) electrons. The lowest BCUT2D eigenvalue weighted by Crippen LogP contribution is -2.59. The number of hydrogen-bond donors (Lipinski definition) is 1. The fourth-order valence-electron chi connectivity index (χ4n) is 4.69. The third kappa shape index (κ3) is 5.17. The molecule has 8 heteroatoms. The second-order valence-corrected chi connectivity index (χ2v) is 10.9. The minimum atomic E-state index is -3.44. The van der Waals surface area contributed by atoms with Gasteiger partial charge in [0.1, 0.15) is 0 Å². The Labute approximate surface area is 170 Å². The highest BCUT2D eigenvalue weighted by Crippen LogP contribution is 2.32. The Kier molecular flexibility index (Phi) is 7.99. The first-order chi connectivity index (χ1) is 12.3. The minimum absolute atomic E-state index is 0. The molecule has 1 aliphatic carbocycles. The summed E-state index contributed by atoms with van der Waals surface area (Å²) < 4.78 is 29.9. The first-order valence-electron chi connectivity index (χ1n) is 10.2. The maximum absolute atomic E-state index is 13.1. The zero-order valence-corrected chi connectivity index (χ0v) is 18.2. The van der Waals surface area contributed by atoms with Gasteiger partial charge in [0, 0.05) is 19.3 Å². The van der Waals surface area contributed by atoms with E-state index in [1.807, 2.05) is 0 Å². The summed E-state index contributed by atoms with van der Waals surface area (Å²) >= 11 is 0. The summed E-state index contributed by atoms with van der Waals surface area (Å²) in [5.41, 5.74) is 0. The quantitative estimate of drug-likeness (QED) is 0.751. The van der Waals surface area contributed by atoms with Gasteiger partial charge in [-0.25, -0.2) is 8.42 Å². The molecule has 3 rings (SSSR count). The lowest BCUT2D eigenvalue weighted by Gasteiger charge is -2.41. The van der Waals surface area contributed by atoms with Crippen molar-refractivity contribution in [2.45, 2.75) is 75.2 Å². The van der Waals surface area contributed by atoms with Crippen LogP contribution in [0.1, 0.15) is 58.3 Å². The third-order valence-corrected chi connectivity index (χ3v) is 8.59.